The Morgan fingerprint density at radius 1 is 1.25 bits per heavy atom. The quantitative estimate of drug-likeness (QED) is 0.721. The molecule has 0 spiro atoms. The zero-order valence-corrected chi connectivity index (χ0v) is 13.3. The van der Waals surface area contributed by atoms with Crippen molar-refractivity contribution >= 4 is 16.0 Å². The van der Waals surface area contributed by atoms with Crippen molar-refractivity contribution in [3.8, 4) is 0 Å². The van der Waals surface area contributed by atoms with E-state index in [9.17, 15) is 13.2 Å². The zero-order chi connectivity index (χ0) is 15.2. The predicted molar refractivity (Wildman–Crippen MR) is 79.0 cm³/mol. The van der Waals surface area contributed by atoms with Gasteiger partial charge in [0.25, 0.3) is 0 Å². The molecule has 20 heavy (non-hydrogen) atoms. The number of hydrogen-bond donors (Lipinski definition) is 2. The molecule has 0 bridgehead atoms. The van der Waals surface area contributed by atoms with Gasteiger partial charge in [-0.15, -0.1) is 0 Å². The maximum absolute atomic E-state index is 11.9. The number of aliphatic carboxylic acids is 1. The van der Waals surface area contributed by atoms with Crippen LogP contribution in [0.3, 0.4) is 0 Å². The van der Waals surface area contributed by atoms with E-state index >= 15 is 0 Å². The zero-order valence-electron chi connectivity index (χ0n) is 12.5. The Hall–Kier alpha value is -0.620. The van der Waals surface area contributed by atoms with E-state index in [1.54, 1.807) is 0 Å². The van der Waals surface area contributed by atoms with Gasteiger partial charge in [-0.1, -0.05) is 33.1 Å². The normalized spacial score (nSPS) is 19.1. The molecule has 1 aliphatic carbocycles. The fraction of sp³-hybridized carbons (Fsp3) is 0.929. The highest BCUT2D eigenvalue weighted by Gasteiger charge is 2.35. The molecule has 1 fully saturated rings. The number of carbonyl (C=O) groups is 1. The summed E-state index contributed by atoms with van der Waals surface area (Å²) in [6.07, 6.45) is 5.36. The Balaban J connectivity index is 2.59. The average Bonchev–Trinajstić information content (AvgIpc) is 2.35. The van der Waals surface area contributed by atoms with Crippen molar-refractivity contribution in [2.24, 2.45) is 11.3 Å². The minimum absolute atomic E-state index is 0.0553. The Bertz CT molecular complexity index is 411. The molecule has 0 aromatic rings. The van der Waals surface area contributed by atoms with Crippen molar-refractivity contribution in [2.75, 3.05) is 12.3 Å². The van der Waals surface area contributed by atoms with Crippen LogP contribution in [0.15, 0.2) is 0 Å². The minimum Gasteiger partial charge on any atom is -0.481 e. The summed E-state index contributed by atoms with van der Waals surface area (Å²) in [7, 11) is -3.29. The van der Waals surface area contributed by atoms with Crippen LogP contribution in [-0.2, 0) is 14.8 Å². The number of hydrogen-bond acceptors (Lipinski definition) is 3. The van der Waals surface area contributed by atoms with Crippen LogP contribution in [-0.4, -0.2) is 31.8 Å². The number of carboxylic acids is 1. The molecular formula is C14H27NO4S. The van der Waals surface area contributed by atoms with Crippen LogP contribution in [0.1, 0.15) is 58.8 Å². The molecule has 0 unspecified atom stereocenters. The molecule has 0 atom stereocenters. The summed E-state index contributed by atoms with van der Waals surface area (Å²) in [5.74, 6) is -0.379. The first-order valence-corrected chi connectivity index (χ1v) is 9.09. The summed E-state index contributed by atoms with van der Waals surface area (Å²) in [6.45, 7) is 4.24. The SMILES string of the molecule is CC(C)CCS(=O)(=O)NCC1(CC(=O)O)CCCCC1. The van der Waals surface area contributed by atoms with E-state index in [0.717, 1.165) is 32.1 Å². The highest BCUT2D eigenvalue weighted by molar-refractivity contribution is 7.89. The summed E-state index contributed by atoms with van der Waals surface area (Å²) < 4.78 is 26.5. The first-order valence-electron chi connectivity index (χ1n) is 7.44. The van der Waals surface area contributed by atoms with Gasteiger partial charge in [-0.05, 0) is 30.6 Å². The number of nitrogens with one attached hydrogen (secondary N) is 1. The second kappa shape index (κ2) is 7.41. The van der Waals surface area contributed by atoms with E-state index in [-0.39, 0.29) is 18.7 Å². The third kappa shape index (κ3) is 6.22. The van der Waals surface area contributed by atoms with Gasteiger partial charge in [0.2, 0.25) is 10.0 Å². The molecule has 2 N–H and O–H groups in total. The van der Waals surface area contributed by atoms with Crippen LogP contribution in [0.5, 0.6) is 0 Å². The molecule has 0 radical (unpaired) electrons. The second-order valence-electron chi connectivity index (χ2n) is 6.45. The standard InChI is InChI=1S/C14H27NO4S/c1-12(2)6-9-20(18,19)15-11-14(10-13(16)17)7-4-3-5-8-14/h12,15H,3-11H2,1-2H3,(H,16,17). The van der Waals surface area contributed by atoms with E-state index in [1.807, 2.05) is 13.8 Å². The topological polar surface area (TPSA) is 83.5 Å². The molecule has 1 rings (SSSR count). The van der Waals surface area contributed by atoms with Gasteiger partial charge in [0.15, 0.2) is 0 Å². The molecule has 5 nitrogen and oxygen atoms in total. The van der Waals surface area contributed by atoms with Gasteiger partial charge in [-0.3, -0.25) is 4.79 Å². The maximum Gasteiger partial charge on any atom is 0.303 e. The molecule has 0 aliphatic heterocycles. The van der Waals surface area contributed by atoms with Gasteiger partial charge in [-0.2, -0.15) is 0 Å². The molecule has 0 aromatic carbocycles. The smallest absolute Gasteiger partial charge is 0.303 e. The van der Waals surface area contributed by atoms with Crippen molar-refractivity contribution in [3.63, 3.8) is 0 Å². The van der Waals surface area contributed by atoms with Crippen molar-refractivity contribution in [3.05, 3.63) is 0 Å². The predicted octanol–water partition coefficient (Wildman–Crippen LogP) is 2.38. The average molecular weight is 305 g/mol. The van der Waals surface area contributed by atoms with Crippen LogP contribution >= 0.6 is 0 Å². The second-order valence-corrected chi connectivity index (χ2v) is 8.38. The van der Waals surface area contributed by atoms with Gasteiger partial charge >= 0.3 is 5.97 Å². The number of rotatable bonds is 8. The Morgan fingerprint density at radius 2 is 1.85 bits per heavy atom. The van der Waals surface area contributed by atoms with Crippen LogP contribution in [0.4, 0.5) is 0 Å². The van der Waals surface area contributed by atoms with Crippen molar-refractivity contribution in [1.29, 1.82) is 0 Å². The number of sulfonamides is 1. The monoisotopic (exact) mass is 305 g/mol. The Morgan fingerprint density at radius 3 is 2.35 bits per heavy atom. The van der Waals surface area contributed by atoms with Gasteiger partial charge in [0.1, 0.15) is 0 Å². The third-order valence-corrected chi connectivity index (χ3v) is 5.43. The van der Waals surface area contributed by atoms with Crippen molar-refractivity contribution in [1.82, 2.24) is 4.72 Å². The van der Waals surface area contributed by atoms with E-state index in [1.165, 1.54) is 0 Å². The van der Waals surface area contributed by atoms with Crippen LogP contribution in [0.2, 0.25) is 0 Å². The highest BCUT2D eigenvalue weighted by atomic mass is 32.2. The maximum atomic E-state index is 11.9. The molecule has 118 valence electrons. The Labute approximate surface area is 122 Å². The van der Waals surface area contributed by atoms with Crippen molar-refractivity contribution in [2.45, 2.75) is 58.8 Å². The highest BCUT2D eigenvalue weighted by Crippen LogP contribution is 2.38. The van der Waals surface area contributed by atoms with Crippen LogP contribution in [0.25, 0.3) is 0 Å². The Kier molecular flexibility index (Phi) is 6.45. The van der Waals surface area contributed by atoms with Crippen molar-refractivity contribution < 1.29 is 18.3 Å². The van der Waals surface area contributed by atoms with Gasteiger partial charge in [0.05, 0.1) is 12.2 Å². The number of carboxylic acid groups (broad SMARTS) is 1. The van der Waals surface area contributed by atoms with Gasteiger partial charge in [0, 0.05) is 6.54 Å². The molecular weight excluding hydrogens is 278 g/mol. The lowest BCUT2D eigenvalue weighted by atomic mass is 9.72. The molecule has 1 aliphatic rings. The minimum atomic E-state index is -3.29. The largest absolute Gasteiger partial charge is 0.481 e. The summed E-state index contributed by atoms with van der Waals surface area (Å²) >= 11 is 0. The molecule has 1 saturated carbocycles. The van der Waals surface area contributed by atoms with Crippen LogP contribution in [0, 0.1) is 11.3 Å². The van der Waals surface area contributed by atoms with Gasteiger partial charge in [-0.25, -0.2) is 13.1 Å². The van der Waals surface area contributed by atoms with E-state index < -0.39 is 21.4 Å². The van der Waals surface area contributed by atoms with E-state index in [0.29, 0.717) is 12.3 Å². The molecule has 0 amide bonds. The summed E-state index contributed by atoms with van der Waals surface area (Å²) in [6, 6.07) is 0. The summed E-state index contributed by atoms with van der Waals surface area (Å²) in [4.78, 5) is 11.0. The summed E-state index contributed by atoms with van der Waals surface area (Å²) in [5, 5.41) is 9.06. The lowest BCUT2D eigenvalue weighted by molar-refractivity contribution is -0.140. The molecule has 0 saturated heterocycles. The first kappa shape index (κ1) is 17.4. The molecule has 6 heteroatoms. The fourth-order valence-electron chi connectivity index (χ4n) is 2.76. The van der Waals surface area contributed by atoms with E-state index in [2.05, 4.69) is 4.72 Å². The lowest BCUT2D eigenvalue weighted by Crippen LogP contribution is -2.41. The fourth-order valence-corrected chi connectivity index (χ4v) is 4.22. The van der Waals surface area contributed by atoms with Crippen LogP contribution < -0.4 is 4.72 Å². The lowest BCUT2D eigenvalue weighted by Gasteiger charge is -2.36. The molecule has 0 aromatic heterocycles. The summed E-state index contributed by atoms with van der Waals surface area (Å²) in [5.41, 5.74) is -0.394. The van der Waals surface area contributed by atoms with E-state index in [4.69, 9.17) is 5.11 Å². The third-order valence-electron chi connectivity index (χ3n) is 4.07. The van der Waals surface area contributed by atoms with Gasteiger partial charge < -0.3 is 5.11 Å². The molecule has 0 heterocycles. The first-order chi connectivity index (χ1) is 9.25.